The van der Waals surface area contributed by atoms with Gasteiger partial charge in [0.2, 0.25) is 5.91 Å². The first-order valence-electron chi connectivity index (χ1n) is 4.33. The molecule has 0 saturated carbocycles. The standard InChI is InChI=1S/C7H13N5O2/c1-6(2-3-13)9-7(14)4-12-5-8-10-11-12/h5-6,13H,2-4H2,1H3,(H,9,14). The number of aliphatic hydroxyl groups excluding tert-OH is 1. The lowest BCUT2D eigenvalue weighted by Crippen LogP contribution is -2.35. The Balaban J connectivity index is 2.29. The summed E-state index contributed by atoms with van der Waals surface area (Å²) in [5.74, 6) is -0.168. The van der Waals surface area contributed by atoms with Crippen molar-refractivity contribution in [1.29, 1.82) is 0 Å². The summed E-state index contributed by atoms with van der Waals surface area (Å²) in [5.41, 5.74) is 0. The van der Waals surface area contributed by atoms with Crippen LogP contribution in [0.3, 0.4) is 0 Å². The Morgan fingerprint density at radius 2 is 2.50 bits per heavy atom. The van der Waals surface area contributed by atoms with Gasteiger partial charge in [-0.1, -0.05) is 0 Å². The van der Waals surface area contributed by atoms with Gasteiger partial charge in [-0.25, -0.2) is 4.68 Å². The van der Waals surface area contributed by atoms with Crippen molar-refractivity contribution in [3.63, 3.8) is 0 Å². The van der Waals surface area contributed by atoms with Crippen LogP contribution in [0.1, 0.15) is 13.3 Å². The van der Waals surface area contributed by atoms with E-state index >= 15 is 0 Å². The highest BCUT2D eigenvalue weighted by Gasteiger charge is 2.07. The van der Waals surface area contributed by atoms with Gasteiger partial charge in [-0.2, -0.15) is 0 Å². The third kappa shape index (κ3) is 3.48. The average Bonchev–Trinajstić information content (AvgIpc) is 2.56. The SMILES string of the molecule is CC(CCO)NC(=O)Cn1cnnn1. The summed E-state index contributed by atoms with van der Waals surface area (Å²) in [6.45, 7) is 1.99. The van der Waals surface area contributed by atoms with E-state index in [4.69, 9.17) is 5.11 Å². The number of carbonyl (C=O) groups is 1. The predicted octanol–water partition coefficient (Wildman–Crippen LogP) is -1.44. The first kappa shape index (κ1) is 10.6. The van der Waals surface area contributed by atoms with Gasteiger partial charge in [-0.3, -0.25) is 4.79 Å². The number of tetrazole rings is 1. The highest BCUT2D eigenvalue weighted by Crippen LogP contribution is 1.89. The fourth-order valence-electron chi connectivity index (χ4n) is 0.986. The van der Waals surface area contributed by atoms with E-state index in [2.05, 4.69) is 20.8 Å². The number of hydrogen-bond acceptors (Lipinski definition) is 5. The Labute approximate surface area is 81.1 Å². The number of carbonyl (C=O) groups excluding carboxylic acids is 1. The molecule has 1 aromatic rings. The number of nitrogens with one attached hydrogen (secondary N) is 1. The van der Waals surface area contributed by atoms with E-state index in [-0.39, 0.29) is 25.1 Å². The molecule has 1 amide bonds. The largest absolute Gasteiger partial charge is 0.396 e. The van der Waals surface area contributed by atoms with Crippen LogP contribution in [0.15, 0.2) is 6.33 Å². The first-order valence-corrected chi connectivity index (χ1v) is 4.33. The van der Waals surface area contributed by atoms with E-state index in [1.807, 2.05) is 6.92 Å². The molecule has 1 unspecified atom stereocenters. The number of amides is 1. The highest BCUT2D eigenvalue weighted by molar-refractivity contribution is 5.75. The monoisotopic (exact) mass is 199 g/mol. The third-order valence-electron chi connectivity index (χ3n) is 1.67. The Hall–Kier alpha value is -1.50. The lowest BCUT2D eigenvalue weighted by molar-refractivity contribution is -0.122. The zero-order chi connectivity index (χ0) is 10.4. The summed E-state index contributed by atoms with van der Waals surface area (Å²) in [5, 5.41) is 21.7. The van der Waals surface area contributed by atoms with Crippen LogP contribution in [-0.4, -0.2) is 43.9 Å². The van der Waals surface area contributed by atoms with Gasteiger partial charge >= 0.3 is 0 Å². The van der Waals surface area contributed by atoms with E-state index in [0.29, 0.717) is 6.42 Å². The molecular weight excluding hydrogens is 186 g/mol. The molecule has 14 heavy (non-hydrogen) atoms. The summed E-state index contributed by atoms with van der Waals surface area (Å²) < 4.78 is 1.33. The van der Waals surface area contributed by atoms with E-state index in [9.17, 15) is 4.79 Å². The van der Waals surface area contributed by atoms with Crippen molar-refractivity contribution < 1.29 is 9.90 Å². The first-order chi connectivity index (χ1) is 6.72. The minimum atomic E-state index is -0.168. The quantitative estimate of drug-likeness (QED) is 0.605. The number of rotatable bonds is 5. The van der Waals surface area contributed by atoms with Gasteiger partial charge in [-0.05, 0) is 23.8 Å². The number of aromatic nitrogens is 4. The fourth-order valence-corrected chi connectivity index (χ4v) is 0.986. The van der Waals surface area contributed by atoms with Crippen molar-refractivity contribution >= 4 is 5.91 Å². The number of aliphatic hydroxyl groups is 1. The molecule has 0 aromatic carbocycles. The van der Waals surface area contributed by atoms with Gasteiger partial charge in [-0.15, -0.1) is 5.10 Å². The second kappa shape index (κ2) is 5.28. The molecule has 0 bridgehead atoms. The molecule has 0 fully saturated rings. The predicted molar refractivity (Wildman–Crippen MR) is 47.1 cm³/mol. The molecule has 0 aliphatic carbocycles. The second-order valence-electron chi connectivity index (χ2n) is 2.99. The topological polar surface area (TPSA) is 92.9 Å². The second-order valence-corrected chi connectivity index (χ2v) is 2.99. The van der Waals surface area contributed by atoms with Gasteiger partial charge in [0.05, 0.1) is 0 Å². The van der Waals surface area contributed by atoms with Crippen molar-refractivity contribution in [2.24, 2.45) is 0 Å². The zero-order valence-electron chi connectivity index (χ0n) is 7.92. The van der Waals surface area contributed by atoms with Crippen molar-refractivity contribution in [2.75, 3.05) is 6.61 Å². The molecule has 0 aliphatic rings. The van der Waals surface area contributed by atoms with Crippen molar-refractivity contribution in [3.05, 3.63) is 6.33 Å². The number of hydrogen-bond donors (Lipinski definition) is 2. The van der Waals surface area contributed by atoms with Crippen LogP contribution in [0.25, 0.3) is 0 Å². The van der Waals surface area contributed by atoms with Crippen molar-refractivity contribution in [1.82, 2.24) is 25.5 Å². The van der Waals surface area contributed by atoms with Crippen LogP contribution in [0.2, 0.25) is 0 Å². The fraction of sp³-hybridized carbons (Fsp3) is 0.714. The summed E-state index contributed by atoms with van der Waals surface area (Å²) in [6.07, 6.45) is 1.91. The molecule has 0 aliphatic heterocycles. The van der Waals surface area contributed by atoms with Crippen LogP contribution in [0.4, 0.5) is 0 Å². The lowest BCUT2D eigenvalue weighted by Gasteiger charge is -2.11. The molecule has 2 N–H and O–H groups in total. The summed E-state index contributed by atoms with van der Waals surface area (Å²) in [7, 11) is 0. The van der Waals surface area contributed by atoms with Crippen LogP contribution in [0, 0.1) is 0 Å². The molecule has 78 valence electrons. The molecule has 0 spiro atoms. The average molecular weight is 199 g/mol. The maximum atomic E-state index is 11.3. The van der Waals surface area contributed by atoms with Crippen LogP contribution in [0.5, 0.6) is 0 Å². The Kier molecular flexibility index (Phi) is 3.99. The van der Waals surface area contributed by atoms with Crippen LogP contribution >= 0.6 is 0 Å². The lowest BCUT2D eigenvalue weighted by atomic mass is 10.2. The molecule has 1 rings (SSSR count). The molecule has 1 aromatic heterocycles. The van der Waals surface area contributed by atoms with Gasteiger partial charge in [0.25, 0.3) is 0 Å². The summed E-state index contributed by atoms with van der Waals surface area (Å²) in [6, 6.07) is -0.0380. The summed E-state index contributed by atoms with van der Waals surface area (Å²) >= 11 is 0. The normalized spacial score (nSPS) is 12.4. The van der Waals surface area contributed by atoms with Gasteiger partial charge < -0.3 is 10.4 Å². The maximum absolute atomic E-state index is 11.3. The molecule has 1 atom stereocenters. The molecule has 0 radical (unpaired) electrons. The Morgan fingerprint density at radius 1 is 1.71 bits per heavy atom. The molecular formula is C7H13N5O2. The van der Waals surface area contributed by atoms with E-state index in [1.54, 1.807) is 0 Å². The van der Waals surface area contributed by atoms with E-state index in [0.717, 1.165) is 0 Å². The molecule has 1 heterocycles. The summed E-state index contributed by atoms with van der Waals surface area (Å²) in [4.78, 5) is 11.3. The Bertz CT molecular complexity index is 274. The smallest absolute Gasteiger partial charge is 0.242 e. The van der Waals surface area contributed by atoms with Crippen LogP contribution < -0.4 is 5.32 Å². The van der Waals surface area contributed by atoms with Crippen LogP contribution in [-0.2, 0) is 11.3 Å². The minimum Gasteiger partial charge on any atom is -0.396 e. The Morgan fingerprint density at radius 3 is 3.07 bits per heavy atom. The molecule has 0 saturated heterocycles. The molecule has 7 heteroatoms. The van der Waals surface area contributed by atoms with E-state index in [1.165, 1.54) is 11.0 Å². The van der Waals surface area contributed by atoms with Gasteiger partial charge in [0.15, 0.2) is 0 Å². The number of nitrogens with zero attached hydrogens (tertiary/aromatic N) is 4. The highest BCUT2D eigenvalue weighted by atomic mass is 16.3. The minimum absolute atomic E-state index is 0.0380. The maximum Gasteiger partial charge on any atom is 0.242 e. The third-order valence-corrected chi connectivity index (χ3v) is 1.67. The van der Waals surface area contributed by atoms with E-state index < -0.39 is 0 Å². The van der Waals surface area contributed by atoms with Crippen molar-refractivity contribution in [3.8, 4) is 0 Å². The van der Waals surface area contributed by atoms with Gasteiger partial charge in [0.1, 0.15) is 12.9 Å². The molecule has 7 nitrogen and oxygen atoms in total. The zero-order valence-corrected chi connectivity index (χ0v) is 7.92. The van der Waals surface area contributed by atoms with Crippen molar-refractivity contribution in [2.45, 2.75) is 25.9 Å². The van der Waals surface area contributed by atoms with Gasteiger partial charge in [0, 0.05) is 12.6 Å².